The highest BCUT2D eigenvalue weighted by atomic mass is 35.5. The zero-order valence-electron chi connectivity index (χ0n) is 20.3. The van der Waals surface area contributed by atoms with Crippen molar-refractivity contribution in [1.82, 2.24) is 9.97 Å². The molecule has 0 radical (unpaired) electrons. The number of fused-ring (bicyclic) bond motifs is 3. The lowest BCUT2D eigenvalue weighted by Crippen LogP contribution is -1.95. The highest BCUT2D eigenvalue weighted by molar-refractivity contribution is 6.31. The van der Waals surface area contributed by atoms with Gasteiger partial charge in [-0.3, -0.25) is 0 Å². The SMILES string of the molecule is Clc1ccc2c(c1)oc1cc(-c3cc(-c4ccc(-c5ccccc5)cc4)nc(-c4ccccc4)n3)ccc12. The Morgan fingerprint density at radius 1 is 0.447 bits per heavy atom. The zero-order chi connectivity index (χ0) is 25.5. The van der Waals surface area contributed by atoms with Crippen LogP contribution < -0.4 is 0 Å². The lowest BCUT2D eigenvalue weighted by atomic mass is 10.0. The Balaban J connectivity index is 1.36. The standard InChI is InChI=1S/C34H21ClN2O/c35-27-16-18-29-28-17-15-26(19-32(28)38-33(29)20-27)31-21-30(36-34(37-31)25-9-5-2-6-10-25)24-13-11-23(12-14-24)22-7-3-1-4-8-22/h1-21H. The molecule has 4 heteroatoms. The summed E-state index contributed by atoms with van der Waals surface area (Å²) in [6.07, 6.45) is 0. The van der Waals surface area contributed by atoms with E-state index >= 15 is 0 Å². The van der Waals surface area contributed by atoms with E-state index in [0.717, 1.165) is 50.0 Å². The predicted molar refractivity (Wildman–Crippen MR) is 156 cm³/mol. The second-order valence-electron chi connectivity index (χ2n) is 9.22. The monoisotopic (exact) mass is 508 g/mol. The summed E-state index contributed by atoms with van der Waals surface area (Å²) in [5.41, 5.74) is 8.59. The van der Waals surface area contributed by atoms with Gasteiger partial charge in [-0.2, -0.15) is 0 Å². The second kappa shape index (κ2) is 9.29. The van der Waals surface area contributed by atoms with Gasteiger partial charge in [0.15, 0.2) is 5.82 Å². The minimum Gasteiger partial charge on any atom is -0.456 e. The van der Waals surface area contributed by atoms with Crippen molar-refractivity contribution in [3.8, 4) is 45.0 Å². The summed E-state index contributed by atoms with van der Waals surface area (Å²) in [5, 5.41) is 2.75. The highest BCUT2D eigenvalue weighted by Crippen LogP contribution is 2.35. The third-order valence-electron chi connectivity index (χ3n) is 6.78. The van der Waals surface area contributed by atoms with E-state index in [-0.39, 0.29) is 0 Å². The second-order valence-corrected chi connectivity index (χ2v) is 9.66. The van der Waals surface area contributed by atoms with Crippen molar-refractivity contribution in [2.75, 3.05) is 0 Å². The number of rotatable bonds is 4. The van der Waals surface area contributed by atoms with Crippen LogP contribution in [0.3, 0.4) is 0 Å². The Hall–Kier alpha value is -4.73. The average molecular weight is 509 g/mol. The van der Waals surface area contributed by atoms with Crippen LogP contribution in [-0.2, 0) is 0 Å². The Kier molecular flexibility index (Phi) is 5.49. The van der Waals surface area contributed by atoms with Crippen molar-refractivity contribution in [1.29, 1.82) is 0 Å². The molecule has 0 N–H and O–H groups in total. The summed E-state index contributed by atoms with van der Waals surface area (Å²) >= 11 is 6.19. The molecule has 2 aromatic heterocycles. The van der Waals surface area contributed by atoms with Gasteiger partial charge in [0.2, 0.25) is 0 Å². The first-order valence-electron chi connectivity index (χ1n) is 12.4. The molecule has 7 aromatic rings. The third-order valence-corrected chi connectivity index (χ3v) is 7.01. The van der Waals surface area contributed by atoms with Crippen LogP contribution >= 0.6 is 11.6 Å². The summed E-state index contributed by atoms with van der Waals surface area (Å²) < 4.78 is 6.15. The summed E-state index contributed by atoms with van der Waals surface area (Å²) in [7, 11) is 0. The molecule has 0 bridgehead atoms. The van der Waals surface area contributed by atoms with E-state index in [2.05, 4.69) is 60.7 Å². The van der Waals surface area contributed by atoms with Gasteiger partial charge >= 0.3 is 0 Å². The summed E-state index contributed by atoms with van der Waals surface area (Å²) in [5.74, 6) is 0.682. The largest absolute Gasteiger partial charge is 0.456 e. The van der Waals surface area contributed by atoms with Crippen LogP contribution in [0.1, 0.15) is 0 Å². The quantitative estimate of drug-likeness (QED) is 0.237. The van der Waals surface area contributed by atoms with Crippen molar-refractivity contribution in [2.45, 2.75) is 0 Å². The normalized spacial score (nSPS) is 11.3. The van der Waals surface area contributed by atoms with Crippen LogP contribution in [-0.4, -0.2) is 9.97 Å². The first-order chi connectivity index (χ1) is 18.7. The number of hydrogen-bond donors (Lipinski definition) is 0. The molecule has 0 aliphatic carbocycles. The summed E-state index contributed by atoms with van der Waals surface area (Å²) in [6, 6.07) is 43.0. The number of halogens is 1. The van der Waals surface area contributed by atoms with Gasteiger partial charge < -0.3 is 4.42 Å². The molecule has 0 aliphatic heterocycles. The number of nitrogens with zero attached hydrogens (tertiary/aromatic N) is 2. The van der Waals surface area contributed by atoms with Crippen molar-refractivity contribution >= 4 is 33.5 Å². The van der Waals surface area contributed by atoms with Crippen LogP contribution in [0, 0.1) is 0 Å². The van der Waals surface area contributed by atoms with Gasteiger partial charge in [-0.05, 0) is 41.5 Å². The van der Waals surface area contributed by atoms with Crippen molar-refractivity contribution in [3.05, 3.63) is 132 Å². The van der Waals surface area contributed by atoms with E-state index in [9.17, 15) is 0 Å². The number of hydrogen-bond acceptors (Lipinski definition) is 3. The molecule has 3 nitrogen and oxygen atoms in total. The van der Waals surface area contributed by atoms with Gasteiger partial charge in [-0.1, -0.05) is 103 Å². The van der Waals surface area contributed by atoms with Gasteiger partial charge in [-0.15, -0.1) is 0 Å². The first-order valence-corrected chi connectivity index (χ1v) is 12.8. The first kappa shape index (κ1) is 22.5. The van der Waals surface area contributed by atoms with Crippen molar-refractivity contribution < 1.29 is 4.42 Å². The average Bonchev–Trinajstić information content (AvgIpc) is 3.34. The minimum absolute atomic E-state index is 0.656. The molecule has 2 heterocycles. The number of aromatic nitrogens is 2. The van der Waals surface area contributed by atoms with Crippen LogP contribution in [0.2, 0.25) is 5.02 Å². The summed E-state index contributed by atoms with van der Waals surface area (Å²) in [4.78, 5) is 9.92. The number of benzene rings is 5. The fraction of sp³-hybridized carbons (Fsp3) is 0. The molecule has 7 rings (SSSR count). The molecule has 0 fully saturated rings. The van der Waals surface area contributed by atoms with Crippen LogP contribution in [0.15, 0.2) is 132 Å². The smallest absolute Gasteiger partial charge is 0.160 e. The lowest BCUT2D eigenvalue weighted by Gasteiger charge is -2.10. The highest BCUT2D eigenvalue weighted by Gasteiger charge is 2.13. The van der Waals surface area contributed by atoms with Crippen molar-refractivity contribution in [3.63, 3.8) is 0 Å². The van der Waals surface area contributed by atoms with E-state index in [1.54, 1.807) is 0 Å². The predicted octanol–water partition coefficient (Wildman–Crippen LogP) is 9.70. The number of furan rings is 1. The van der Waals surface area contributed by atoms with Gasteiger partial charge in [0, 0.05) is 38.6 Å². The van der Waals surface area contributed by atoms with Gasteiger partial charge in [0.25, 0.3) is 0 Å². The van der Waals surface area contributed by atoms with E-state index in [4.69, 9.17) is 26.0 Å². The topological polar surface area (TPSA) is 38.9 Å². The maximum Gasteiger partial charge on any atom is 0.160 e. The Labute approximate surface area is 225 Å². The molecule has 180 valence electrons. The van der Waals surface area contributed by atoms with E-state index in [0.29, 0.717) is 10.8 Å². The maximum absolute atomic E-state index is 6.19. The molecular formula is C34H21ClN2O. The molecule has 0 amide bonds. The minimum atomic E-state index is 0.656. The molecule has 38 heavy (non-hydrogen) atoms. The van der Waals surface area contributed by atoms with E-state index < -0.39 is 0 Å². The van der Waals surface area contributed by atoms with Crippen LogP contribution in [0.4, 0.5) is 0 Å². The molecular weight excluding hydrogens is 488 g/mol. The fourth-order valence-corrected chi connectivity index (χ4v) is 5.00. The molecule has 0 unspecified atom stereocenters. The van der Waals surface area contributed by atoms with E-state index in [1.165, 1.54) is 11.1 Å². The molecule has 5 aromatic carbocycles. The van der Waals surface area contributed by atoms with Gasteiger partial charge in [0.05, 0.1) is 11.4 Å². The lowest BCUT2D eigenvalue weighted by molar-refractivity contribution is 0.669. The molecule has 0 atom stereocenters. The Bertz CT molecular complexity index is 1910. The van der Waals surface area contributed by atoms with Crippen LogP contribution in [0.25, 0.3) is 67.0 Å². The molecule has 0 saturated heterocycles. The van der Waals surface area contributed by atoms with Gasteiger partial charge in [-0.25, -0.2) is 9.97 Å². The Morgan fingerprint density at radius 3 is 1.68 bits per heavy atom. The maximum atomic E-state index is 6.19. The zero-order valence-corrected chi connectivity index (χ0v) is 21.1. The van der Waals surface area contributed by atoms with Crippen molar-refractivity contribution in [2.24, 2.45) is 0 Å². The fourth-order valence-electron chi connectivity index (χ4n) is 4.83. The van der Waals surface area contributed by atoms with Crippen LogP contribution in [0.5, 0.6) is 0 Å². The summed E-state index contributed by atoms with van der Waals surface area (Å²) in [6.45, 7) is 0. The Morgan fingerprint density at radius 2 is 0.974 bits per heavy atom. The molecule has 0 aliphatic rings. The molecule has 0 saturated carbocycles. The van der Waals surface area contributed by atoms with Gasteiger partial charge in [0.1, 0.15) is 11.2 Å². The molecule has 0 spiro atoms. The third kappa shape index (κ3) is 4.13. The van der Waals surface area contributed by atoms with E-state index in [1.807, 2.05) is 66.7 Å².